The summed E-state index contributed by atoms with van der Waals surface area (Å²) in [5.41, 5.74) is 4.54. The second-order valence-corrected chi connectivity index (χ2v) is 7.28. The maximum Gasteiger partial charge on any atom is 0.222 e. The average molecular weight is 359 g/mol. The van der Waals surface area contributed by atoms with Crippen LogP contribution in [0.4, 0.5) is 5.69 Å². The van der Waals surface area contributed by atoms with E-state index in [1.54, 1.807) is 0 Å². The Hall–Kier alpha value is -2.88. The van der Waals surface area contributed by atoms with Gasteiger partial charge in [-0.25, -0.2) is 0 Å². The summed E-state index contributed by atoms with van der Waals surface area (Å²) >= 11 is 0. The predicted molar refractivity (Wildman–Crippen MR) is 110 cm³/mol. The van der Waals surface area contributed by atoms with Crippen LogP contribution in [0.15, 0.2) is 60.8 Å². The fourth-order valence-electron chi connectivity index (χ4n) is 3.83. The highest BCUT2D eigenvalue weighted by atomic mass is 16.2. The van der Waals surface area contributed by atoms with E-state index in [-0.39, 0.29) is 11.9 Å². The van der Waals surface area contributed by atoms with Crippen LogP contribution in [0.1, 0.15) is 24.0 Å². The molecule has 4 heteroatoms. The summed E-state index contributed by atoms with van der Waals surface area (Å²) in [6, 6.07) is 18.8. The number of amides is 1. The normalized spacial score (nSPS) is 16.6. The standard InChI is InChI=1S/C23H25N3O/c1-17-6-5-9-20-21(12-14-24-23(17)20)25-19-13-15-26(16-19)22(27)11-10-18-7-3-2-4-8-18/h2-9,12,14,19H,10-11,13,15-16H2,1H3,(H,24,25). The molecule has 0 saturated carbocycles. The van der Waals surface area contributed by atoms with Crippen LogP contribution in [0.5, 0.6) is 0 Å². The number of nitrogens with one attached hydrogen (secondary N) is 1. The van der Waals surface area contributed by atoms with E-state index in [4.69, 9.17) is 0 Å². The van der Waals surface area contributed by atoms with Gasteiger partial charge in [-0.3, -0.25) is 9.78 Å². The number of pyridine rings is 1. The van der Waals surface area contributed by atoms with E-state index in [1.165, 1.54) is 11.1 Å². The van der Waals surface area contributed by atoms with Crippen LogP contribution in [-0.2, 0) is 11.2 Å². The summed E-state index contributed by atoms with van der Waals surface area (Å²) < 4.78 is 0. The van der Waals surface area contributed by atoms with Crippen molar-refractivity contribution in [2.24, 2.45) is 0 Å². The fourth-order valence-corrected chi connectivity index (χ4v) is 3.83. The van der Waals surface area contributed by atoms with Crippen LogP contribution < -0.4 is 5.32 Å². The van der Waals surface area contributed by atoms with E-state index >= 15 is 0 Å². The summed E-state index contributed by atoms with van der Waals surface area (Å²) in [5, 5.41) is 4.78. The first-order valence-corrected chi connectivity index (χ1v) is 9.63. The Bertz CT molecular complexity index is 939. The lowest BCUT2D eigenvalue weighted by Gasteiger charge is -2.19. The van der Waals surface area contributed by atoms with Crippen molar-refractivity contribution in [3.8, 4) is 0 Å². The lowest BCUT2D eigenvalue weighted by Crippen LogP contribution is -2.31. The minimum absolute atomic E-state index is 0.249. The third kappa shape index (κ3) is 3.95. The molecule has 2 heterocycles. The Labute approximate surface area is 160 Å². The average Bonchev–Trinajstić information content (AvgIpc) is 3.16. The van der Waals surface area contributed by atoms with Gasteiger partial charge in [0.1, 0.15) is 0 Å². The molecule has 0 aliphatic carbocycles. The first kappa shape index (κ1) is 17.5. The number of anilines is 1. The number of carbonyl (C=O) groups is 1. The van der Waals surface area contributed by atoms with Crippen LogP contribution in [0.3, 0.4) is 0 Å². The molecular formula is C23H25N3O. The number of hydrogen-bond acceptors (Lipinski definition) is 3. The van der Waals surface area contributed by atoms with Gasteiger partial charge in [-0.05, 0) is 37.0 Å². The zero-order valence-corrected chi connectivity index (χ0v) is 15.7. The van der Waals surface area contributed by atoms with E-state index in [0.29, 0.717) is 6.42 Å². The molecule has 138 valence electrons. The Morgan fingerprint density at radius 1 is 1.15 bits per heavy atom. The van der Waals surface area contributed by atoms with Crippen molar-refractivity contribution >= 4 is 22.5 Å². The molecule has 1 saturated heterocycles. The number of hydrogen-bond donors (Lipinski definition) is 1. The molecule has 27 heavy (non-hydrogen) atoms. The number of benzene rings is 2. The summed E-state index contributed by atoms with van der Waals surface area (Å²) in [4.78, 5) is 19.1. The molecule has 0 spiro atoms. The zero-order valence-electron chi connectivity index (χ0n) is 15.7. The lowest BCUT2D eigenvalue weighted by molar-refractivity contribution is -0.130. The van der Waals surface area contributed by atoms with Gasteiger partial charge in [-0.1, -0.05) is 48.5 Å². The number of rotatable bonds is 5. The van der Waals surface area contributed by atoms with Crippen molar-refractivity contribution in [1.29, 1.82) is 0 Å². The third-order valence-electron chi connectivity index (χ3n) is 5.34. The minimum Gasteiger partial charge on any atom is -0.380 e. The van der Waals surface area contributed by atoms with Crippen molar-refractivity contribution in [2.75, 3.05) is 18.4 Å². The number of aromatic nitrogens is 1. The highest BCUT2D eigenvalue weighted by Crippen LogP contribution is 2.26. The van der Waals surface area contributed by atoms with E-state index in [2.05, 4.69) is 47.6 Å². The molecule has 1 atom stereocenters. The molecule has 4 nitrogen and oxygen atoms in total. The maximum absolute atomic E-state index is 12.6. The number of fused-ring (bicyclic) bond motifs is 1. The van der Waals surface area contributed by atoms with Crippen molar-refractivity contribution in [3.05, 3.63) is 71.9 Å². The fraction of sp³-hybridized carbons (Fsp3) is 0.304. The van der Waals surface area contributed by atoms with Gasteiger partial charge in [0.25, 0.3) is 0 Å². The summed E-state index contributed by atoms with van der Waals surface area (Å²) in [5.74, 6) is 0.249. The molecule has 0 radical (unpaired) electrons. The molecular weight excluding hydrogens is 334 g/mol. The Balaban J connectivity index is 1.37. The first-order valence-electron chi connectivity index (χ1n) is 9.63. The number of aryl methyl sites for hydroxylation is 2. The molecule has 1 N–H and O–H groups in total. The summed E-state index contributed by atoms with van der Waals surface area (Å²) in [7, 11) is 0. The molecule has 1 aliphatic rings. The van der Waals surface area contributed by atoms with Crippen molar-refractivity contribution < 1.29 is 4.79 Å². The second-order valence-electron chi connectivity index (χ2n) is 7.28. The predicted octanol–water partition coefficient (Wildman–Crippen LogP) is 4.19. The van der Waals surface area contributed by atoms with Crippen molar-refractivity contribution in [3.63, 3.8) is 0 Å². The van der Waals surface area contributed by atoms with Gasteiger partial charge in [-0.2, -0.15) is 0 Å². The number of carbonyl (C=O) groups excluding carboxylic acids is 1. The van der Waals surface area contributed by atoms with Crippen LogP contribution in [0, 0.1) is 6.92 Å². The van der Waals surface area contributed by atoms with Crippen molar-refractivity contribution in [2.45, 2.75) is 32.2 Å². The quantitative estimate of drug-likeness (QED) is 0.743. The first-order chi connectivity index (χ1) is 13.2. The molecule has 4 rings (SSSR count). The van der Waals surface area contributed by atoms with Crippen LogP contribution in [0.25, 0.3) is 10.9 Å². The second kappa shape index (κ2) is 7.78. The topological polar surface area (TPSA) is 45.2 Å². The Kier molecular flexibility index (Phi) is 5.05. The third-order valence-corrected chi connectivity index (χ3v) is 5.34. The van der Waals surface area contributed by atoms with Crippen LogP contribution >= 0.6 is 0 Å². The monoisotopic (exact) mass is 359 g/mol. The number of para-hydroxylation sites is 1. The van der Waals surface area contributed by atoms with Crippen molar-refractivity contribution in [1.82, 2.24) is 9.88 Å². The summed E-state index contributed by atoms with van der Waals surface area (Å²) in [6.07, 6.45) is 4.22. The van der Waals surface area contributed by atoms with Gasteiger partial charge in [-0.15, -0.1) is 0 Å². The number of nitrogens with zero attached hydrogens (tertiary/aromatic N) is 2. The maximum atomic E-state index is 12.6. The highest BCUT2D eigenvalue weighted by molar-refractivity contribution is 5.93. The molecule has 2 aromatic carbocycles. The molecule has 1 aromatic heterocycles. The van der Waals surface area contributed by atoms with Crippen LogP contribution in [-0.4, -0.2) is 34.9 Å². The molecule has 3 aromatic rings. The van der Waals surface area contributed by atoms with Gasteiger partial charge >= 0.3 is 0 Å². The molecule has 1 unspecified atom stereocenters. The molecule has 1 fully saturated rings. The van der Waals surface area contributed by atoms with E-state index in [9.17, 15) is 4.79 Å². The Morgan fingerprint density at radius 3 is 2.85 bits per heavy atom. The van der Waals surface area contributed by atoms with E-state index in [1.807, 2.05) is 35.4 Å². The van der Waals surface area contributed by atoms with E-state index in [0.717, 1.165) is 42.5 Å². The zero-order chi connectivity index (χ0) is 18.6. The summed E-state index contributed by atoms with van der Waals surface area (Å²) in [6.45, 7) is 3.68. The Morgan fingerprint density at radius 2 is 2.00 bits per heavy atom. The minimum atomic E-state index is 0.249. The van der Waals surface area contributed by atoms with Gasteiger partial charge < -0.3 is 10.2 Å². The van der Waals surface area contributed by atoms with E-state index < -0.39 is 0 Å². The smallest absolute Gasteiger partial charge is 0.222 e. The van der Waals surface area contributed by atoms with Gasteiger partial charge in [0.15, 0.2) is 0 Å². The molecule has 1 amide bonds. The van der Waals surface area contributed by atoms with Gasteiger partial charge in [0, 0.05) is 42.8 Å². The number of likely N-dealkylation sites (tertiary alicyclic amines) is 1. The largest absolute Gasteiger partial charge is 0.380 e. The molecule has 0 bridgehead atoms. The van der Waals surface area contributed by atoms with Gasteiger partial charge in [0.2, 0.25) is 5.91 Å². The SMILES string of the molecule is Cc1cccc2c(NC3CCN(C(=O)CCc4ccccc4)C3)ccnc12. The molecule has 1 aliphatic heterocycles. The van der Waals surface area contributed by atoms with Gasteiger partial charge in [0.05, 0.1) is 5.52 Å². The highest BCUT2D eigenvalue weighted by Gasteiger charge is 2.26. The van der Waals surface area contributed by atoms with Crippen LogP contribution in [0.2, 0.25) is 0 Å². The lowest BCUT2D eigenvalue weighted by atomic mass is 10.1.